The number of ether oxygens (including phenoxy) is 1. The summed E-state index contributed by atoms with van der Waals surface area (Å²) < 4.78 is 6.36. The molecule has 3 rings (SSSR count). The van der Waals surface area contributed by atoms with Crippen LogP contribution in [0.4, 0.5) is 11.5 Å². The van der Waals surface area contributed by atoms with Gasteiger partial charge in [0, 0.05) is 19.2 Å². The van der Waals surface area contributed by atoms with Gasteiger partial charge in [-0.1, -0.05) is 12.8 Å². The topological polar surface area (TPSA) is 68.5 Å². The maximum Gasteiger partial charge on any atom is 0.287 e. The van der Waals surface area contributed by atoms with Gasteiger partial charge in [0.2, 0.25) is 0 Å². The Morgan fingerprint density at radius 3 is 2.57 bits per heavy atom. The van der Waals surface area contributed by atoms with Gasteiger partial charge in [0.1, 0.15) is 12.0 Å². The van der Waals surface area contributed by atoms with E-state index < -0.39 is 4.92 Å². The molecule has 1 saturated carbocycles. The SMILES string of the molecule is CC1(C)CN(c2ccc([N+](=O)[O-])cn2)CC2(CCCC2)O1. The minimum Gasteiger partial charge on any atom is -0.365 e. The van der Waals surface area contributed by atoms with Crippen LogP contribution in [-0.2, 0) is 4.74 Å². The third-order valence-corrected chi connectivity index (χ3v) is 4.33. The number of pyridine rings is 1. The number of nitrogens with zero attached hydrogens (tertiary/aromatic N) is 3. The second-order valence-corrected chi connectivity index (χ2v) is 6.74. The Kier molecular flexibility index (Phi) is 3.36. The second-order valence-electron chi connectivity index (χ2n) is 6.74. The molecule has 2 fully saturated rings. The first-order valence-corrected chi connectivity index (χ1v) is 7.45. The number of hydrogen-bond acceptors (Lipinski definition) is 5. The van der Waals surface area contributed by atoms with E-state index in [-0.39, 0.29) is 16.9 Å². The van der Waals surface area contributed by atoms with Crippen molar-refractivity contribution in [3.05, 3.63) is 28.4 Å². The van der Waals surface area contributed by atoms with Crippen LogP contribution >= 0.6 is 0 Å². The quantitative estimate of drug-likeness (QED) is 0.619. The predicted octanol–water partition coefficient (Wildman–Crippen LogP) is 2.92. The first-order valence-electron chi connectivity index (χ1n) is 7.45. The Morgan fingerprint density at radius 1 is 1.29 bits per heavy atom. The van der Waals surface area contributed by atoms with Crippen molar-refractivity contribution in [1.29, 1.82) is 0 Å². The summed E-state index contributed by atoms with van der Waals surface area (Å²) in [6, 6.07) is 3.26. The minimum absolute atomic E-state index is 0.0295. The summed E-state index contributed by atoms with van der Waals surface area (Å²) in [5, 5.41) is 10.7. The van der Waals surface area contributed by atoms with Gasteiger partial charge in [-0.05, 0) is 32.8 Å². The Balaban J connectivity index is 1.85. The zero-order valence-corrected chi connectivity index (χ0v) is 12.5. The van der Waals surface area contributed by atoms with E-state index >= 15 is 0 Å². The van der Waals surface area contributed by atoms with Crippen LogP contribution in [0.5, 0.6) is 0 Å². The van der Waals surface area contributed by atoms with Crippen LogP contribution in [0.25, 0.3) is 0 Å². The summed E-state index contributed by atoms with van der Waals surface area (Å²) in [5.74, 6) is 0.795. The first-order chi connectivity index (χ1) is 9.89. The Morgan fingerprint density at radius 2 is 2.00 bits per heavy atom. The molecule has 1 saturated heterocycles. The van der Waals surface area contributed by atoms with Gasteiger partial charge >= 0.3 is 0 Å². The highest BCUT2D eigenvalue weighted by atomic mass is 16.6. The molecule has 2 heterocycles. The van der Waals surface area contributed by atoms with Crippen molar-refractivity contribution in [2.24, 2.45) is 0 Å². The van der Waals surface area contributed by atoms with E-state index in [1.54, 1.807) is 6.07 Å². The van der Waals surface area contributed by atoms with Crippen LogP contribution in [0.2, 0.25) is 0 Å². The van der Waals surface area contributed by atoms with Crippen LogP contribution in [0.1, 0.15) is 39.5 Å². The van der Waals surface area contributed by atoms with Crippen LogP contribution in [0.3, 0.4) is 0 Å². The highest BCUT2D eigenvalue weighted by Gasteiger charge is 2.46. The largest absolute Gasteiger partial charge is 0.365 e. The summed E-state index contributed by atoms with van der Waals surface area (Å²) >= 11 is 0. The van der Waals surface area contributed by atoms with E-state index in [4.69, 9.17) is 4.74 Å². The van der Waals surface area contributed by atoms with Crippen molar-refractivity contribution in [3.63, 3.8) is 0 Å². The maximum absolute atomic E-state index is 10.7. The smallest absolute Gasteiger partial charge is 0.287 e. The minimum atomic E-state index is -0.418. The molecule has 114 valence electrons. The molecular formula is C15H21N3O3. The van der Waals surface area contributed by atoms with E-state index in [1.807, 2.05) is 0 Å². The standard InChI is InChI=1S/C15H21N3O3/c1-14(2)10-17(11-15(21-14)7-3-4-8-15)13-6-5-12(9-16-13)18(19)20/h5-6,9H,3-4,7-8,10-11H2,1-2H3. The highest BCUT2D eigenvalue weighted by molar-refractivity contribution is 5.44. The number of nitro groups is 1. The summed E-state index contributed by atoms with van der Waals surface area (Å²) in [7, 11) is 0. The van der Waals surface area contributed by atoms with Gasteiger partial charge in [0.15, 0.2) is 0 Å². The third kappa shape index (κ3) is 2.85. The van der Waals surface area contributed by atoms with Gasteiger partial charge in [-0.2, -0.15) is 0 Å². The van der Waals surface area contributed by atoms with Gasteiger partial charge in [0.25, 0.3) is 5.69 Å². The van der Waals surface area contributed by atoms with Gasteiger partial charge < -0.3 is 9.64 Å². The molecule has 2 aliphatic rings. The lowest BCUT2D eigenvalue weighted by Gasteiger charge is -2.49. The van der Waals surface area contributed by atoms with Crippen molar-refractivity contribution in [3.8, 4) is 0 Å². The lowest BCUT2D eigenvalue weighted by molar-refractivity contribution is -0.385. The molecular weight excluding hydrogens is 270 g/mol. The molecule has 6 nitrogen and oxygen atoms in total. The van der Waals surface area contributed by atoms with Crippen LogP contribution in [-0.4, -0.2) is 34.2 Å². The Bertz CT molecular complexity index is 536. The van der Waals surface area contributed by atoms with Crippen molar-refractivity contribution in [2.75, 3.05) is 18.0 Å². The average molecular weight is 291 g/mol. The molecule has 0 aromatic carbocycles. The molecule has 0 bridgehead atoms. The third-order valence-electron chi connectivity index (χ3n) is 4.33. The van der Waals surface area contributed by atoms with Gasteiger partial charge in [0.05, 0.1) is 16.1 Å². The van der Waals surface area contributed by atoms with Crippen molar-refractivity contribution in [1.82, 2.24) is 4.98 Å². The van der Waals surface area contributed by atoms with E-state index in [0.717, 1.165) is 31.7 Å². The molecule has 0 unspecified atom stereocenters. The lowest BCUT2D eigenvalue weighted by atomic mass is 9.94. The Hall–Kier alpha value is -1.69. The first kappa shape index (κ1) is 14.3. The summed E-state index contributed by atoms with van der Waals surface area (Å²) in [6.45, 7) is 5.77. The van der Waals surface area contributed by atoms with E-state index in [0.29, 0.717) is 0 Å². The fraction of sp³-hybridized carbons (Fsp3) is 0.667. The van der Waals surface area contributed by atoms with E-state index in [1.165, 1.54) is 25.1 Å². The van der Waals surface area contributed by atoms with E-state index in [9.17, 15) is 10.1 Å². The predicted molar refractivity (Wildman–Crippen MR) is 79.5 cm³/mol. The zero-order valence-electron chi connectivity index (χ0n) is 12.5. The molecule has 0 atom stereocenters. The fourth-order valence-corrected chi connectivity index (χ4v) is 3.63. The van der Waals surface area contributed by atoms with Crippen molar-refractivity contribution in [2.45, 2.75) is 50.7 Å². The Labute approximate surface area is 124 Å². The summed E-state index contributed by atoms with van der Waals surface area (Å²) in [4.78, 5) is 16.8. The molecule has 0 radical (unpaired) electrons. The number of aromatic nitrogens is 1. The molecule has 1 aromatic heterocycles. The van der Waals surface area contributed by atoms with Crippen LogP contribution in [0, 0.1) is 10.1 Å². The second kappa shape index (κ2) is 4.94. The van der Waals surface area contributed by atoms with Crippen molar-refractivity contribution < 1.29 is 9.66 Å². The van der Waals surface area contributed by atoms with Gasteiger partial charge in [-0.15, -0.1) is 0 Å². The average Bonchev–Trinajstić information content (AvgIpc) is 2.84. The summed E-state index contributed by atoms with van der Waals surface area (Å²) in [6.07, 6.45) is 5.91. The lowest BCUT2D eigenvalue weighted by Crippen LogP contribution is -2.59. The van der Waals surface area contributed by atoms with Crippen molar-refractivity contribution >= 4 is 11.5 Å². The monoisotopic (exact) mass is 291 g/mol. The number of morpholine rings is 1. The van der Waals surface area contributed by atoms with Crippen LogP contribution in [0.15, 0.2) is 18.3 Å². The molecule has 1 aromatic rings. The molecule has 0 N–H and O–H groups in total. The maximum atomic E-state index is 10.7. The zero-order chi connectivity index (χ0) is 15.1. The highest BCUT2D eigenvalue weighted by Crippen LogP contribution is 2.41. The molecule has 21 heavy (non-hydrogen) atoms. The molecule has 1 aliphatic heterocycles. The van der Waals surface area contributed by atoms with Crippen LogP contribution < -0.4 is 4.90 Å². The van der Waals surface area contributed by atoms with Gasteiger partial charge in [-0.3, -0.25) is 10.1 Å². The number of anilines is 1. The molecule has 1 aliphatic carbocycles. The normalized spacial score (nSPS) is 23.4. The fourth-order valence-electron chi connectivity index (χ4n) is 3.63. The number of hydrogen-bond donors (Lipinski definition) is 0. The van der Waals surface area contributed by atoms with E-state index in [2.05, 4.69) is 23.7 Å². The molecule has 1 spiro atoms. The summed E-state index contributed by atoms with van der Waals surface area (Å²) in [5.41, 5.74) is -0.279. The number of rotatable bonds is 2. The molecule has 6 heteroatoms. The molecule has 0 amide bonds. The van der Waals surface area contributed by atoms with Gasteiger partial charge in [-0.25, -0.2) is 4.98 Å².